The van der Waals surface area contributed by atoms with Crippen LogP contribution in [0.1, 0.15) is 49.8 Å². The van der Waals surface area contributed by atoms with Crippen LogP contribution in [-0.4, -0.2) is 30.6 Å². The summed E-state index contributed by atoms with van der Waals surface area (Å²) in [6, 6.07) is 10.6. The van der Waals surface area contributed by atoms with E-state index in [2.05, 4.69) is 41.4 Å². The van der Waals surface area contributed by atoms with Crippen LogP contribution in [0.25, 0.3) is 0 Å². The molecule has 0 bridgehead atoms. The van der Waals surface area contributed by atoms with E-state index >= 15 is 0 Å². The van der Waals surface area contributed by atoms with Gasteiger partial charge in [0.15, 0.2) is 0 Å². The molecule has 1 atom stereocenters. The number of hydrogen-bond acceptors (Lipinski definition) is 2. The Morgan fingerprint density at radius 2 is 2.05 bits per heavy atom. The summed E-state index contributed by atoms with van der Waals surface area (Å²) in [4.78, 5) is 2.78. The molecule has 104 valence electrons. The molecule has 2 nitrogen and oxygen atoms in total. The Morgan fingerprint density at radius 1 is 1.21 bits per heavy atom. The smallest absolute Gasteiger partial charge is 0.0354 e. The predicted molar refractivity (Wildman–Crippen MR) is 80.4 cm³/mol. The van der Waals surface area contributed by atoms with Crippen molar-refractivity contribution in [3.05, 3.63) is 35.4 Å². The van der Waals surface area contributed by atoms with E-state index in [0.29, 0.717) is 6.04 Å². The molecule has 3 rings (SSSR count). The van der Waals surface area contributed by atoms with E-state index in [1.54, 1.807) is 11.1 Å². The van der Waals surface area contributed by atoms with Crippen molar-refractivity contribution in [2.24, 2.45) is 0 Å². The highest BCUT2D eigenvalue weighted by Gasteiger charge is 2.32. The number of nitrogens with zero attached hydrogens (tertiary/aromatic N) is 1. The first-order chi connectivity index (χ1) is 9.40. The van der Waals surface area contributed by atoms with E-state index in [9.17, 15) is 0 Å². The minimum absolute atomic E-state index is 0.658. The van der Waals surface area contributed by atoms with Crippen molar-refractivity contribution in [1.29, 1.82) is 0 Å². The van der Waals surface area contributed by atoms with Crippen LogP contribution in [0.5, 0.6) is 0 Å². The molecule has 0 radical (unpaired) electrons. The van der Waals surface area contributed by atoms with Crippen molar-refractivity contribution in [2.45, 2.75) is 51.1 Å². The van der Waals surface area contributed by atoms with Crippen LogP contribution in [0, 0.1) is 0 Å². The SMILES string of the molecule is CCCN(C1CNC1)C1CCCCc2ccccc21. The molecule has 0 saturated carbocycles. The Kier molecular flexibility index (Phi) is 4.19. The summed E-state index contributed by atoms with van der Waals surface area (Å²) < 4.78 is 0. The third kappa shape index (κ3) is 2.70. The van der Waals surface area contributed by atoms with Gasteiger partial charge in [0.1, 0.15) is 0 Å². The highest BCUT2D eigenvalue weighted by atomic mass is 15.3. The van der Waals surface area contributed by atoms with Crippen LogP contribution in [0.3, 0.4) is 0 Å². The highest BCUT2D eigenvalue weighted by molar-refractivity contribution is 5.31. The van der Waals surface area contributed by atoms with E-state index < -0.39 is 0 Å². The van der Waals surface area contributed by atoms with Gasteiger partial charge in [0, 0.05) is 25.2 Å². The summed E-state index contributed by atoms with van der Waals surface area (Å²) in [7, 11) is 0. The van der Waals surface area contributed by atoms with Gasteiger partial charge in [-0.1, -0.05) is 37.6 Å². The fraction of sp³-hybridized carbons (Fsp3) is 0.647. The number of benzene rings is 1. The molecule has 1 aliphatic heterocycles. The number of rotatable bonds is 4. The van der Waals surface area contributed by atoms with Crippen molar-refractivity contribution >= 4 is 0 Å². The molecule has 19 heavy (non-hydrogen) atoms. The third-order valence-electron chi connectivity index (χ3n) is 4.70. The van der Waals surface area contributed by atoms with Gasteiger partial charge in [-0.15, -0.1) is 0 Å². The molecule has 1 N–H and O–H groups in total. The lowest BCUT2D eigenvalue weighted by Crippen LogP contribution is -2.58. The first-order valence-corrected chi connectivity index (χ1v) is 7.94. The van der Waals surface area contributed by atoms with Gasteiger partial charge >= 0.3 is 0 Å². The molecule has 1 fully saturated rings. The zero-order valence-corrected chi connectivity index (χ0v) is 12.1. The molecule has 2 heteroatoms. The van der Waals surface area contributed by atoms with Gasteiger partial charge in [-0.3, -0.25) is 4.90 Å². The maximum absolute atomic E-state index is 3.44. The van der Waals surface area contributed by atoms with Crippen LogP contribution in [-0.2, 0) is 6.42 Å². The quantitative estimate of drug-likeness (QED) is 0.835. The molecule has 2 aliphatic rings. The lowest BCUT2D eigenvalue weighted by molar-refractivity contribution is 0.0887. The number of fused-ring (bicyclic) bond motifs is 1. The minimum Gasteiger partial charge on any atom is -0.314 e. The summed E-state index contributed by atoms with van der Waals surface area (Å²) in [5, 5.41) is 3.44. The molecule has 0 spiro atoms. The lowest BCUT2D eigenvalue weighted by atomic mass is 9.95. The predicted octanol–water partition coefficient (Wildman–Crippen LogP) is 3.14. The van der Waals surface area contributed by atoms with Crippen LogP contribution >= 0.6 is 0 Å². The van der Waals surface area contributed by atoms with Crippen LogP contribution in [0.15, 0.2) is 24.3 Å². The van der Waals surface area contributed by atoms with E-state index in [1.165, 1.54) is 51.7 Å². The fourth-order valence-electron chi connectivity index (χ4n) is 3.60. The van der Waals surface area contributed by atoms with Crippen LogP contribution < -0.4 is 5.32 Å². The minimum atomic E-state index is 0.658. The molecule has 0 aromatic heterocycles. The molecular weight excluding hydrogens is 232 g/mol. The Balaban J connectivity index is 1.88. The summed E-state index contributed by atoms with van der Waals surface area (Å²) in [6.07, 6.45) is 6.61. The molecular formula is C17H26N2. The lowest BCUT2D eigenvalue weighted by Gasteiger charge is -2.43. The van der Waals surface area contributed by atoms with Gasteiger partial charge in [-0.25, -0.2) is 0 Å². The Labute approximate surface area is 117 Å². The van der Waals surface area contributed by atoms with Gasteiger partial charge in [0.05, 0.1) is 0 Å². The topological polar surface area (TPSA) is 15.3 Å². The van der Waals surface area contributed by atoms with Crippen LogP contribution in [0.2, 0.25) is 0 Å². The zero-order valence-electron chi connectivity index (χ0n) is 12.1. The van der Waals surface area contributed by atoms with Crippen molar-refractivity contribution < 1.29 is 0 Å². The molecule has 1 unspecified atom stereocenters. The number of nitrogens with one attached hydrogen (secondary N) is 1. The first kappa shape index (κ1) is 13.1. The van der Waals surface area contributed by atoms with E-state index in [1.807, 2.05) is 0 Å². The molecule has 0 amide bonds. The molecule has 1 aromatic rings. The Bertz CT molecular complexity index is 411. The Morgan fingerprint density at radius 3 is 2.79 bits per heavy atom. The highest BCUT2D eigenvalue weighted by Crippen LogP contribution is 2.35. The summed E-state index contributed by atoms with van der Waals surface area (Å²) in [5.74, 6) is 0. The average molecular weight is 258 g/mol. The standard InChI is InChI=1S/C17H26N2/c1-2-11-19(15-12-18-13-15)17-10-6-4-8-14-7-3-5-9-16(14)17/h3,5,7,9,15,17-18H,2,4,6,8,10-13H2,1H3. The van der Waals surface area contributed by atoms with E-state index in [0.717, 1.165) is 6.04 Å². The second-order valence-corrected chi connectivity index (χ2v) is 6.01. The van der Waals surface area contributed by atoms with Gasteiger partial charge in [0.2, 0.25) is 0 Å². The third-order valence-corrected chi connectivity index (χ3v) is 4.70. The Hall–Kier alpha value is -0.860. The number of aryl methyl sites for hydroxylation is 1. The van der Waals surface area contributed by atoms with Gasteiger partial charge in [0.25, 0.3) is 0 Å². The van der Waals surface area contributed by atoms with Crippen LogP contribution in [0.4, 0.5) is 0 Å². The fourth-order valence-corrected chi connectivity index (χ4v) is 3.60. The normalized spacial score (nSPS) is 23.8. The number of hydrogen-bond donors (Lipinski definition) is 1. The molecule has 1 heterocycles. The van der Waals surface area contributed by atoms with Gasteiger partial charge in [-0.2, -0.15) is 0 Å². The van der Waals surface area contributed by atoms with Crippen molar-refractivity contribution in [1.82, 2.24) is 10.2 Å². The monoisotopic (exact) mass is 258 g/mol. The molecule has 1 saturated heterocycles. The largest absolute Gasteiger partial charge is 0.314 e. The molecule has 1 aliphatic carbocycles. The van der Waals surface area contributed by atoms with Crippen molar-refractivity contribution in [2.75, 3.05) is 19.6 Å². The average Bonchev–Trinajstić information content (AvgIpc) is 2.58. The zero-order chi connectivity index (χ0) is 13.1. The van der Waals surface area contributed by atoms with Crippen molar-refractivity contribution in [3.63, 3.8) is 0 Å². The van der Waals surface area contributed by atoms with Gasteiger partial charge < -0.3 is 5.32 Å². The summed E-state index contributed by atoms with van der Waals surface area (Å²) >= 11 is 0. The van der Waals surface area contributed by atoms with Gasteiger partial charge in [-0.05, 0) is 43.4 Å². The second-order valence-electron chi connectivity index (χ2n) is 6.01. The van der Waals surface area contributed by atoms with E-state index in [-0.39, 0.29) is 0 Å². The first-order valence-electron chi connectivity index (χ1n) is 7.94. The maximum atomic E-state index is 3.44. The summed E-state index contributed by atoms with van der Waals surface area (Å²) in [5.41, 5.74) is 3.21. The second kappa shape index (κ2) is 6.06. The summed E-state index contributed by atoms with van der Waals surface area (Å²) in [6.45, 7) is 5.91. The maximum Gasteiger partial charge on any atom is 0.0354 e. The molecule has 1 aromatic carbocycles. The van der Waals surface area contributed by atoms with E-state index in [4.69, 9.17) is 0 Å². The van der Waals surface area contributed by atoms with Crippen molar-refractivity contribution in [3.8, 4) is 0 Å².